The molecule has 0 amide bonds. The van der Waals surface area contributed by atoms with E-state index in [1.807, 2.05) is 14.2 Å². The Hall–Kier alpha value is -0.0800. The molecule has 2 aliphatic carbocycles. The van der Waals surface area contributed by atoms with E-state index in [-0.39, 0.29) is 0 Å². The van der Waals surface area contributed by atoms with E-state index < -0.39 is 0 Å². The molecule has 16 heavy (non-hydrogen) atoms. The molecule has 2 aliphatic rings. The quantitative estimate of drug-likeness (QED) is 0.716. The topological polar surface area (TPSA) is 18.5 Å². The van der Waals surface area contributed by atoms with E-state index in [4.69, 9.17) is 9.47 Å². The minimum Gasteiger partial charge on any atom is -0.384 e. The summed E-state index contributed by atoms with van der Waals surface area (Å²) in [6.07, 6.45) is 10.00. The minimum absolute atomic E-state index is 0.353. The van der Waals surface area contributed by atoms with Gasteiger partial charge in [0, 0.05) is 19.6 Å². The van der Waals surface area contributed by atoms with Gasteiger partial charge in [0.05, 0.1) is 13.2 Å². The Kier molecular flexibility index (Phi) is 4.26. The minimum atomic E-state index is 0.353. The lowest BCUT2D eigenvalue weighted by atomic mass is 9.57. The first-order valence-corrected chi connectivity index (χ1v) is 6.77. The zero-order valence-corrected chi connectivity index (χ0v) is 10.8. The van der Waals surface area contributed by atoms with Crippen molar-refractivity contribution in [1.29, 1.82) is 0 Å². The van der Waals surface area contributed by atoms with Crippen LogP contribution in [-0.2, 0) is 9.47 Å². The number of hydrogen-bond acceptors (Lipinski definition) is 2. The van der Waals surface area contributed by atoms with Gasteiger partial charge in [0.15, 0.2) is 0 Å². The molecule has 2 nitrogen and oxygen atoms in total. The fourth-order valence-corrected chi connectivity index (χ4v) is 3.88. The van der Waals surface area contributed by atoms with Crippen LogP contribution in [0, 0.1) is 17.3 Å². The number of methoxy groups -OCH3 is 2. The third kappa shape index (κ3) is 2.60. The van der Waals surface area contributed by atoms with E-state index in [2.05, 4.69) is 0 Å². The first kappa shape index (κ1) is 12.4. The van der Waals surface area contributed by atoms with Crippen LogP contribution in [0.4, 0.5) is 0 Å². The summed E-state index contributed by atoms with van der Waals surface area (Å²) in [5.41, 5.74) is 0.353. The van der Waals surface area contributed by atoms with Gasteiger partial charge in [-0.25, -0.2) is 0 Å². The van der Waals surface area contributed by atoms with Crippen LogP contribution < -0.4 is 0 Å². The molecule has 2 heteroatoms. The summed E-state index contributed by atoms with van der Waals surface area (Å²) in [7, 11) is 3.62. The second-order valence-corrected chi connectivity index (χ2v) is 5.93. The third-order valence-electron chi connectivity index (χ3n) is 4.61. The van der Waals surface area contributed by atoms with Gasteiger partial charge in [0.2, 0.25) is 0 Å². The highest BCUT2D eigenvalue weighted by atomic mass is 16.5. The van der Waals surface area contributed by atoms with Crippen molar-refractivity contribution < 1.29 is 9.47 Å². The molecule has 0 N–H and O–H groups in total. The van der Waals surface area contributed by atoms with Gasteiger partial charge in [-0.15, -0.1) is 0 Å². The smallest absolute Gasteiger partial charge is 0.0540 e. The fraction of sp³-hybridized carbons (Fsp3) is 1.00. The van der Waals surface area contributed by atoms with E-state index in [1.54, 1.807) is 0 Å². The van der Waals surface area contributed by atoms with Crippen LogP contribution in [0.25, 0.3) is 0 Å². The molecular formula is C14H26O2. The summed E-state index contributed by atoms with van der Waals surface area (Å²) in [5, 5.41) is 0. The summed E-state index contributed by atoms with van der Waals surface area (Å²) < 4.78 is 10.7. The van der Waals surface area contributed by atoms with Crippen LogP contribution in [-0.4, -0.2) is 27.4 Å². The maximum Gasteiger partial charge on any atom is 0.0540 e. The van der Waals surface area contributed by atoms with E-state index in [0.29, 0.717) is 5.41 Å². The molecule has 0 saturated heterocycles. The summed E-state index contributed by atoms with van der Waals surface area (Å²) in [6, 6.07) is 0. The Morgan fingerprint density at radius 3 is 1.94 bits per heavy atom. The van der Waals surface area contributed by atoms with Crippen molar-refractivity contribution in [3.63, 3.8) is 0 Å². The van der Waals surface area contributed by atoms with Crippen molar-refractivity contribution in [2.24, 2.45) is 17.3 Å². The van der Waals surface area contributed by atoms with Gasteiger partial charge >= 0.3 is 0 Å². The highest BCUT2D eigenvalue weighted by Crippen LogP contribution is 2.52. The molecule has 2 rings (SSSR count). The first-order valence-electron chi connectivity index (χ1n) is 6.77. The fourth-order valence-electron chi connectivity index (χ4n) is 3.88. The van der Waals surface area contributed by atoms with Gasteiger partial charge in [0.25, 0.3) is 0 Å². The van der Waals surface area contributed by atoms with Crippen LogP contribution >= 0.6 is 0 Å². The molecule has 0 aromatic heterocycles. The van der Waals surface area contributed by atoms with Crippen molar-refractivity contribution in [1.82, 2.24) is 0 Å². The molecule has 0 unspecified atom stereocenters. The van der Waals surface area contributed by atoms with Crippen molar-refractivity contribution >= 4 is 0 Å². The molecule has 0 aromatic carbocycles. The van der Waals surface area contributed by atoms with Crippen LogP contribution in [0.15, 0.2) is 0 Å². The molecule has 2 saturated carbocycles. The van der Waals surface area contributed by atoms with E-state index >= 15 is 0 Å². The molecule has 0 aromatic rings. The number of rotatable bonds is 5. The first-order chi connectivity index (χ1) is 7.79. The highest BCUT2D eigenvalue weighted by Gasteiger charge is 2.47. The monoisotopic (exact) mass is 226 g/mol. The lowest BCUT2D eigenvalue weighted by Crippen LogP contribution is -2.47. The molecular weight excluding hydrogens is 200 g/mol. The predicted octanol–water partition coefficient (Wildman–Crippen LogP) is 3.26. The van der Waals surface area contributed by atoms with Crippen molar-refractivity contribution in [3.05, 3.63) is 0 Å². The molecule has 0 radical (unpaired) electrons. The highest BCUT2D eigenvalue weighted by molar-refractivity contribution is 4.96. The molecule has 94 valence electrons. The average Bonchev–Trinajstić information content (AvgIpc) is 2.27. The second-order valence-electron chi connectivity index (χ2n) is 5.93. The molecule has 0 bridgehead atoms. The van der Waals surface area contributed by atoms with Gasteiger partial charge in [0.1, 0.15) is 0 Å². The van der Waals surface area contributed by atoms with Crippen LogP contribution in [0.2, 0.25) is 0 Å². The molecule has 2 fully saturated rings. The van der Waals surface area contributed by atoms with Crippen LogP contribution in [0.1, 0.15) is 44.9 Å². The van der Waals surface area contributed by atoms with Crippen molar-refractivity contribution in [2.75, 3.05) is 27.4 Å². The van der Waals surface area contributed by atoms with Gasteiger partial charge in [-0.2, -0.15) is 0 Å². The lowest BCUT2D eigenvalue weighted by molar-refractivity contribution is -0.0920. The summed E-state index contributed by atoms with van der Waals surface area (Å²) in [4.78, 5) is 0. The summed E-state index contributed by atoms with van der Waals surface area (Å²) >= 11 is 0. The average molecular weight is 226 g/mol. The molecule has 0 spiro atoms. The zero-order chi connectivity index (χ0) is 11.4. The van der Waals surface area contributed by atoms with Gasteiger partial charge in [-0.3, -0.25) is 0 Å². The Balaban J connectivity index is 1.80. The normalized spacial score (nSPS) is 26.6. The van der Waals surface area contributed by atoms with Crippen LogP contribution in [0.5, 0.6) is 0 Å². The number of hydrogen-bond donors (Lipinski definition) is 0. The maximum atomic E-state index is 5.36. The standard InChI is InChI=1S/C14H26O2/c1-15-10-14(11-16-2)8-13(9-14)12-6-4-3-5-7-12/h12-13H,3-11H2,1-2H3. The van der Waals surface area contributed by atoms with Crippen molar-refractivity contribution in [3.8, 4) is 0 Å². The second kappa shape index (κ2) is 5.50. The Morgan fingerprint density at radius 1 is 0.875 bits per heavy atom. The maximum absolute atomic E-state index is 5.36. The Bertz CT molecular complexity index is 195. The van der Waals surface area contributed by atoms with Gasteiger partial charge in [-0.1, -0.05) is 32.1 Å². The lowest BCUT2D eigenvalue weighted by Gasteiger charge is -2.50. The molecule has 0 aliphatic heterocycles. The molecule has 0 heterocycles. The SMILES string of the molecule is COCC1(COC)CC(C2CCCCC2)C1. The predicted molar refractivity (Wildman–Crippen MR) is 65.5 cm³/mol. The summed E-state index contributed by atoms with van der Waals surface area (Å²) in [5.74, 6) is 1.97. The molecule has 0 atom stereocenters. The summed E-state index contributed by atoms with van der Waals surface area (Å²) in [6.45, 7) is 1.76. The van der Waals surface area contributed by atoms with Gasteiger partial charge < -0.3 is 9.47 Å². The van der Waals surface area contributed by atoms with E-state index in [1.165, 1.54) is 44.9 Å². The number of ether oxygens (including phenoxy) is 2. The van der Waals surface area contributed by atoms with E-state index in [0.717, 1.165) is 25.0 Å². The Labute approximate surface area is 99.7 Å². The van der Waals surface area contributed by atoms with Crippen molar-refractivity contribution in [2.45, 2.75) is 44.9 Å². The van der Waals surface area contributed by atoms with Gasteiger partial charge in [-0.05, 0) is 24.7 Å². The third-order valence-corrected chi connectivity index (χ3v) is 4.61. The Morgan fingerprint density at radius 2 is 1.44 bits per heavy atom. The van der Waals surface area contributed by atoms with Crippen LogP contribution in [0.3, 0.4) is 0 Å². The zero-order valence-electron chi connectivity index (χ0n) is 10.8. The largest absolute Gasteiger partial charge is 0.384 e. The van der Waals surface area contributed by atoms with E-state index in [9.17, 15) is 0 Å².